The molecular weight excluding hydrogens is 392 g/mol. The quantitative estimate of drug-likeness (QED) is 0.519. The molecule has 0 spiro atoms. The number of amides is 1. The van der Waals surface area contributed by atoms with Gasteiger partial charge >= 0.3 is 0 Å². The van der Waals surface area contributed by atoms with Crippen LogP contribution in [-0.4, -0.2) is 17.0 Å². The zero-order valence-electron chi connectivity index (χ0n) is 16.0. The summed E-state index contributed by atoms with van der Waals surface area (Å²) in [5.41, 5.74) is 0.884. The zero-order chi connectivity index (χ0) is 20.5. The standard InChI is InChI=1S/C21H18N2O5S/c1-11-13(3)29-21(22-11)23-20(25)12(2)27-19-17(24)14-7-4-5-8-15(14)28-18(19)16-9-6-10-26-16/h4-10,12H,1-3H3,(H,22,23,25). The minimum atomic E-state index is -0.961. The van der Waals surface area contributed by atoms with E-state index in [0.717, 1.165) is 10.6 Å². The number of hydrogen-bond donors (Lipinski definition) is 1. The van der Waals surface area contributed by atoms with Crippen LogP contribution in [0.4, 0.5) is 5.13 Å². The number of ether oxygens (including phenoxy) is 1. The van der Waals surface area contributed by atoms with Gasteiger partial charge in [-0.15, -0.1) is 11.3 Å². The Morgan fingerprint density at radius 2 is 2.00 bits per heavy atom. The molecule has 4 aromatic rings. The molecule has 1 N–H and O–H groups in total. The topological polar surface area (TPSA) is 94.6 Å². The number of furan rings is 1. The molecule has 3 aromatic heterocycles. The molecule has 0 aliphatic heterocycles. The van der Waals surface area contributed by atoms with Crippen molar-refractivity contribution < 1.29 is 18.4 Å². The number of nitrogens with zero attached hydrogens (tertiary/aromatic N) is 1. The molecule has 1 unspecified atom stereocenters. The molecule has 1 amide bonds. The normalized spacial score (nSPS) is 12.1. The Bertz CT molecular complexity index is 1220. The van der Waals surface area contributed by atoms with Crippen molar-refractivity contribution >= 4 is 33.3 Å². The summed E-state index contributed by atoms with van der Waals surface area (Å²) in [6.07, 6.45) is 0.509. The van der Waals surface area contributed by atoms with Crippen LogP contribution in [0.1, 0.15) is 17.5 Å². The monoisotopic (exact) mass is 410 g/mol. The summed E-state index contributed by atoms with van der Waals surface area (Å²) >= 11 is 1.38. The van der Waals surface area contributed by atoms with Crippen molar-refractivity contribution in [2.24, 2.45) is 0 Å². The Labute approximate surface area is 169 Å². The van der Waals surface area contributed by atoms with Gasteiger partial charge in [0.2, 0.25) is 16.9 Å². The van der Waals surface area contributed by atoms with E-state index in [1.54, 1.807) is 43.3 Å². The first-order chi connectivity index (χ1) is 13.9. The highest BCUT2D eigenvalue weighted by molar-refractivity contribution is 7.15. The van der Waals surface area contributed by atoms with E-state index in [1.165, 1.54) is 17.6 Å². The Morgan fingerprint density at radius 3 is 2.69 bits per heavy atom. The van der Waals surface area contributed by atoms with Gasteiger partial charge in [-0.2, -0.15) is 0 Å². The number of fused-ring (bicyclic) bond motifs is 1. The smallest absolute Gasteiger partial charge is 0.266 e. The minimum Gasteiger partial charge on any atom is -0.473 e. The van der Waals surface area contributed by atoms with E-state index >= 15 is 0 Å². The highest BCUT2D eigenvalue weighted by Crippen LogP contribution is 2.32. The maximum atomic E-state index is 13.0. The molecule has 0 aliphatic rings. The summed E-state index contributed by atoms with van der Waals surface area (Å²) in [6, 6.07) is 10.2. The summed E-state index contributed by atoms with van der Waals surface area (Å²) in [5.74, 6) is -0.0228. The van der Waals surface area contributed by atoms with E-state index < -0.39 is 12.0 Å². The van der Waals surface area contributed by atoms with Crippen molar-refractivity contribution in [1.82, 2.24) is 4.98 Å². The number of para-hydroxylation sites is 1. The summed E-state index contributed by atoms with van der Waals surface area (Å²) < 4.78 is 17.0. The van der Waals surface area contributed by atoms with Crippen LogP contribution < -0.4 is 15.5 Å². The predicted molar refractivity (Wildman–Crippen MR) is 110 cm³/mol. The van der Waals surface area contributed by atoms with Crippen LogP contribution in [-0.2, 0) is 4.79 Å². The number of thiazole rings is 1. The second-order valence-electron chi connectivity index (χ2n) is 6.47. The van der Waals surface area contributed by atoms with E-state index in [0.29, 0.717) is 21.9 Å². The lowest BCUT2D eigenvalue weighted by Crippen LogP contribution is -2.31. The van der Waals surface area contributed by atoms with Gasteiger partial charge in [-0.25, -0.2) is 4.98 Å². The van der Waals surface area contributed by atoms with Crippen LogP contribution in [0.25, 0.3) is 22.5 Å². The number of anilines is 1. The minimum absolute atomic E-state index is 0.0761. The lowest BCUT2D eigenvalue weighted by atomic mass is 10.2. The maximum absolute atomic E-state index is 13.0. The van der Waals surface area contributed by atoms with Crippen molar-refractivity contribution in [2.45, 2.75) is 26.9 Å². The fraction of sp³-hybridized carbons (Fsp3) is 0.190. The summed E-state index contributed by atoms with van der Waals surface area (Å²) in [4.78, 5) is 30.9. The molecule has 0 fully saturated rings. The molecular formula is C21H18N2O5S. The van der Waals surface area contributed by atoms with E-state index in [9.17, 15) is 9.59 Å². The molecule has 3 heterocycles. The molecule has 0 bridgehead atoms. The molecule has 0 aliphatic carbocycles. The zero-order valence-corrected chi connectivity index (χ0v) is 16.8. The van der Waals surface area contributed by atoms with E-state index in [1.807, 2.05) is 13.8 Å². The van der Waals surface area contributed by atoms with Crippen LogP contribution in [0.15, 0.2) is 56.3 Å². The first-order valence-corrected chi connectivity index (χ1v) is 9.77. The maximum Gasteiger partial charge on any atom is 0.266 e. The van der Waals surface area contributed by atoms with Crippen LogP contribution in [0.2, 0.25) is 0 Å². The van der Waals surface area contributed by atoms with Gasteiger partial charge in [0.05, 0.1) is 17.3 Å². The van der Waals surface area contributed by atoms with Crippen LogP contribution in [0, 0.1) is 13.8 Å². The average Bonchev–Trinajstić information content (AvgIpc) is 3.34. The van der Waals surface area contributed by atoms with E-state index in [4.69, 9.17) is 13.6 Å². The average molecular weight is 410 g/mol. The van der Waals surface area contributed by atoms with E-state index in [-0.39, 0.29) is 16.9 Å². The van der Waals surface area contributed by atoms with Crippen molar-refractivity contribution in [3.63, 3.8) is 0 Å². The third kappa shape index (κ3) is 3.66. The third-order valence-corrected chi connectivity index (χ3v) is 5.41. The molecule has 0 saturated heterocycles. The largest absolute Gasteiger partial charge is 0.473 e. The van der Waals surface area contributed by atoms with Gasteiger partial charge in [-0.3, -0.25) is 14.9 Å². The van der Waals surface area contributed by atoms with Gasteiger partial charge in [0.1, 0.15) is 5.58 Å². The Hall–Kier alpha value is -3.39. The lowest BCUT2D eigenvalue weighted by molar-refractivity contribution is -0.122. The molecule has 148 valence electrons. The SMILES string of the molecule is Cc1nc(NC(=O)C(C)Oc2c(-c3ccco3)oc3ccccc3c2=O)sc1C. The number of nitrogens with one attached hydrogen (secondary N) is 1. The first-order valence-electron chi connectivity index (χ1n) is 8.95. The number of rotatable bonds is 5. The van der Waals surface area contributed by atoms with Crippen molar-refractivity contribution in [2.75, 3.05) is 5.32 Å². The van der Waals surface area contributed by atoms with Gasteiger partial charge in [0.25, 0.3) is 5.91 Å². The second-order valence-corrected chi connectivity index (χ2v) is 7.68. The number of hydrogen-bond acceptors (Lipinski definition) is 7. The Balaban J connectivity index is 1.69. The number of benzene rings is 1. The Kier molecular flexibility index (Phi) is 4.94. The van der Waals surface area contributed by atoms with Crippen LogP contribution in [0.5, 0.6) is 5.75 Å². The van der Waals surface area contributed by atoms with Crippen molar-refractivity contribution in [3.05, 3.63) is 63.5 Å². The second kappa shape index (κ2) is 7.56. The highest BCUT2D eigenvalue weighted by atomic mass is 32.1. The lowest BCUT2D eigenvalue weighted by Gasteiger charge is -2.15. The third-order valence-electron chi connectivity index (χ3n) is 4.42. The number of aryl methyl sites for hydroxylation is 2. The molecule has 0 radical (unpaired) electrons. The predicted octanol–water partition coefficient (Wildman–Crippen LogP) is 4.53. The highest BCUT2D eigenvalue weighted by Gasteiger charge is 2.24. The van der Waals surface area contributed by atoms with Crippen molar-refractivity contribution in [1.29, 1.82) is 0 Å². The van der Waals surface area contributed by atoms with Gasteiger partial charge in [0, 0.05) is 4.88 Å². The molecule has 1 atom stereocenters. The number of aromatic nitrogens is 1. The van der Waals surface area contributed by atoms with Gasteiger partial charge in [0.15, 0.2) is 17.0 Å². The number of carbonyl (C=O) groups excluding carboxylic acids is 1. The fourth-order valence-electron chi connectivity index (χ4n) is 2.77. The van der Waals surface area contributed by atoms with Crippen LogP contribution >= 0.6 is 11.3 Å². The van der Waals surface area contributed by atoms with Gasteiger partial charge in [-0.1, -0.05) is 12.1 Å². The molecule has 4 rings (SSSR count). The van der Waals surface area contributed by atoms with E-state index in [2.05, 4.69) is 10.3 Å². The summed E-state index contributed by atoms with van der Waals surface area (Å²) in [7, 11) is 0. The summed E-state index contributed by atoms with van der Waals surface area (Å²) in [6.45, 7) is 5.36. The fourth-order valence-corrected chi connectivity index (χ4v) is 3.58. The number of carbonyl (C=O) groups is 1. The van der Waals surface area contributed by atoms with Gasteiger partial charge in [-0.05, 0) is 45.0 Å². The molecule has 29 heavy (non-hydrogen) atoms. The first kappa shape index (κ1) is 18.9. The molecule has 7 nitrogen and oxygen atoms in total. The molecule has 0 saturated carbocycles. The summed E-state index contributed by atoms with van der Waals surface area (Å²) in [5, 5.41) is 3.56. The molecule has 1 aromatic carbocycles. The Morgan fingerprint density at radius 1 is 1.21 bits per heavy atom. The van der Waals surface area contributed by atoms with Crippen molar-refractivity contribution in [3.8, 4) is 17.3 Å². The van der Waals surface area contributed by atoms with Gasteiger partial charge < -0.3 is 13.6 Å². The molecule has 8 heteroatoms. The van der Waals surface area contributed by atoms with Crippen LogP contribution in [0.3, 0.4) is 0 Å².